The van der Waals surface area contributed by atoms with E-state index in [1.807, 2.05) is 0 Å². The van der Waals surface area contributed by atoms with E-state index in [2.05, 4.69) is 44.3 Å². The Morgan fingerprint density at radius 1 is 1.21 bits per heavy atom. The maximum absolute atomic E-state index is 14.9. The van der Waals surface area contributed by atoms with Crippen LogP contribution < -0.4 is 4.90 Å². The van der Waals surface area contributed by atoms with E-state index in [0.29, 0.717) is 17.8 Å². The summed E-state index contributed by atoms with van der Waals surface area (Å²) in [6, 6.07) is 0.935. The summed E-state index contributed by atoms with van der Waals surface area (Å²) in [5.41, 5.74) is -0.165. The minimum atomic E-state index is -3.93. The zero-order valence-electron chi connectivity index (χ0n) is 19.9. The van der Waals surface area contributed by atoms with Crippen molar-refractivity contribution in [1.82, 2.24) is 19.7 Å². The standard InChI is InChI=1S/C22H33F2N5O3Si/c1-5-32-20(30)22(23,24)18-17-19(29(27-18)15-31-12-13-33(2,3)4)26-16(14-25-17)28-10-8-21(6-7-21)9-11-28/h14H,5-13,15H2,1-4H3. The summed E-state index contributed by atoms with van der Waals surface area (Å²) in [6.45, 7) is 10.2. The highest BCUT2D eigenvalue weighted by Gasteiger charge is 2.48. The van der Waals surface area contributed by atoms with Crippen LogP contribution in [0.1, 0.15) is 38.3 Å². The number of aromatic nitrogens is 4. The number of rotatable bonds is 9. The van der Waals surface area contributed by atoms with Gasteiger partial charge in [0.2, 0.25) is 0 Å². The molecule has 11 heteroatoms. The van der Waals surface area contributed by atoms with Crippen molar-refractivity contribution in [1.29, 1.82) is 0 Å². The number of alkyl halides is 2. The molecule has 0 radical (unpaired) electrons. The first-order valence-electron chi connectivity index (χ1n) is 11.7. The Bertz CT molecular complexity index is 1010. The van der Waals surface area contributed by atoms with Crippen LogP contribution in [0.4, 0.5) is 14.6 Å². The van der Waals surface area contributed by atoms with Crippen molar-refractivity contribution in [3.05, 3.63) is 11.9 Å². The molecule has 2 fully saturated rings. The summed E-state index contributed by atoms with van der Waals surface area (Å²) in [6.07, 6.45) is 6.30. The monoisotopic (exact) mass is 481 g/mol. The van der Waals surface area contributed by atoms with Crippen LogP contribution in [0.2, 0.25) is 25.7 Å². The number of carbonyl (C=O) groups excluding carboxylic acids is 1. The zero-order valence-corrected chi connectivity index (χ0v) is 20.9. The Hall–Kier alpha value is -2.14. The third-order valence-electron chi connectivity index (χ3n) is 6.58. The van der Waals surface area contributed by atoms with Crippen molar-refractivity contribution in [3.63, 3.8) is 0 Å². The molecule has 0 atom stereocenters. The molecule has 1 aliphatic carbocycles. The van der Waals surface area contributed by atoms with E-state index in [1.165, 1.54) is 30.6 Å². The summed E-state index contributed by atoms with van der Waals surface area (Å²) in [5.74, 6) is -4.95. The zero-order chi connectivity index (χ0) is 23.9. The smallest absolute Gasteiger partial charge is 0.388 e. The highest BCUT2D eigenvalue weighted by atomic mass is 28.3. The predicted molar refractivity (Wildman–Crippen MR) is 123 cm³/mol. The van der Waals surface area contributed by atoms with Gasteiger partial charge in [0.05, 0.1) is 12.8 Å². The molecule has 2 aromatic heterocycles. The minimum absolute atomic E-state index is 0.0405. The van der Waals surface area contributed by atoms with Gasteiger partial charge in [-0.3, -0.25) is 0 Å². The largest absolute Gasteiger partial charge is 0.461 e. The lowest BCUT2D eigenvalue weighted by Crippen LogP contribution is -2.35. The maximum Gasteiger partial charge on any atom is 0.388 e. The van der Waals surface area contributed by atoms with E-state index >= 15 is 0 Å². The van der Waals surface area contributed by atoms with Gasteiger partial charge in [-0.1, -0.05) is 19.6 Å². The third kappa shape index (κ3) is 5.18. The first-order chi connectivity index (χ1) is 15.5. The number of hydrogen-bond donors (Lipinski definition) is 0. The fraction of sp³-hybridized carbons (Fsp3) is 0.727. The lowest BCUT2D eigenvalue weighted by Gasteiger charge is -2.32. The van der Waals surface area contributed by atoms with Crippen molar-refractivity contribution in [2.75, 3.05) is 31.2 Å². The van der Waals surface area contributed by atoms with Gasteiger partial charge >= 0.3 is 11.9 Å². The van der Waals surface area contributed by atoms with Gasteiger partial charge in [-0.25, -0.2) is 19.4 Å². The van der Waals surface area contributed by atoms with Crippen molar-refractivity contribution < 1.29 is 23.0 Å². The van der Waals surface area contributed by atoms with Gasteiger partial charge in [-0.15, -0.1) is 0 Å². The van der Waals surface area contributed by atoms with E-state index in [-0.39, 0.29) is 24.5 Å². The van der Waals surface area contributed by atoms with Crippen molar-refractivity contribution >= 4 is 31.0 Å². The second-order valence-corrected chi connectivity index (χ2v) is 16.0. The molecular weight excluding hydrogens is 448 g/mol. The summed E-state index contributed by atoms with van der Waals surface area (Å²) in [7, 11) is -1.31. The van der Waals surface area contributed by atoms with E-state index in [4.69, 9.17) is 4.74 Å². The van der Waals surface area contributed by atoms with Gasteiger partial charge in [0.15, 0.2) is 11.3 Å². The van der Waals surface area contributed by atoms with Gasteiger partial charge in [0, 0.05) is 27.8 Å². The molecule has 182 valence electrons. The Morgan fingerprint density at radius 2 is 1.91 bits per heavy atom. The topological polar surface area (TPSA) is 82.4 Å². The molecule has 1 spiro atoms. The summed E-state index contributed by atoms with van der Waals surface area (Å²) >= 11 is 0. The molecule has 0 unspecified atom stereocenters. The number of hydrogen-bond acceptors (Lipinski definition) is 7. The second kappa shape index (κ2) is 8.90. The third-order valence-corrected chi connectivity index (χ3v) is 8.28. The number of fused-ring (bicyclic) bond motifs is 1. The number of piperidine rings is 1. The van der Waals surface area contributed by atoms with Crippen LogP contribution >= 0.6 is 0 Å². The molecule has 0 bridgehead atoms. The van der Waals surface area contributed by atoms with Crippen LogP contribution in [0.15, 0.2) is 6.20 Å². The molecule has 2 aromatic rings. The predicted octanol–water partition coefficient (Wildman–Crippen LogP) is 4.17. The molecular formula is C22H33F2N5O3Si. The molecule has 1 aliphatic heterocycles. The van der Waals surface area contributed by atoms with Crippen LogP contribution in [0.3, 0.4) is 0 Å². The minimum Gasteiger partial charge on any atom is -0.461 e. The lowest BCUT2D eigenvalue weighted by atomic mass is 9.94. The normalized spacial score (nSPS) is 18.2. The molecule has 4 rings (SSSR count). The maximum atomic E-state index is 14.9. The number of anilines is 1. The Balaban J connectivity index is 1.63. The number of halogens is 2. The van der Waals surface area contributed by atoms with E-state index in [9.17, 15) is 13.6 Å². The first-order valence-corrected chi connectivity index (χ1v) is 15.4. The average Bonchev–Trinajstić information content (AvgIpc) is 3.40. The highest BCUT2D eigenvalue weighted by Crippen LogP contribution is 2.53. The lowest BCUT2D eigenvalue weighted by molar-refractivity contribution is -0.173. The number of ether oxygens (including phenoxy) is 2. The molecule has 33 heavy (non-hydrogen) atoms. The number of esters is 1. The summed E-state index contributed by atoms with van der Waals surface area (Å²) < 4.78 is 41.4. The van der Waals surface area contributed by atoms with E-state index in [0.717, 1.165) is 32.0 Å². The van der Waals surface area contributed by atoms with Crippen molar-refractivity contribution in [3.8, 4) is 0 Å². The highest BCUT2D eigenvalue weighted by molar-refractivity contribution is 6.76. The molecule has 0 N–H and O–H groups in total. The van der Waals surface area contributed by atoms with Crippen LogP contribution in [-0.4, -0.2) is 60.1 Å². The molecule has 0 amide bonds. The van der Waals surface area contributed by atoms with Crippen LogP contribution in [0.25, 0.3) is 11.2 Å². The van der Waals surface area contributed by atoms with Crippen LogP contribution in [0.5, 0.6) is 0 Å². The molecule has 1 saturated heterocycles. The fourth-order valence-corrected chi connectivity index (χ4v) is 4.88. The molecule has 0 aromatic carbocycles. The second-order valence-electron chi connectivity index (χ2n) is 10.4. The van der Waals surface area contributed by atoms with Gasteiger partial charge in [-0.2, -0.15) is 13.9 Å². The molecule has 8 nitrogen and oxygen atoms in total. The number of carbonyl (C=O) groups is 1. The Labute approximate surface area is 193 Å². The SMILES string of the molecule is CCOC(=O)C(F)(F)c1nn(COCC[Si](C)(C)C)c2nc(N3CCC4(CC3)CC4)cnc12. The molecule has 2 aliphatic rings. The van der Waals surface area contributed by atoms with Gasteiger partial charge in [-0.05, 0) is 44.1 Å². The van der Waals surface area contributed by atoms with Crippen molar-refractivity contribution in [2.45, 2.75) is 70.9 Å². The number of nitrogens with zero attached hydrogens (tertiary/aromatic N) is 5. The van der Waals surface area contributed by atoms with Gasteiger partial charge in [0.1, 0.15) is 18.1 Å². The van der Waals surface area contributed by atoms with Crippen molar-refractivity contribution in [2.24, 2.45) is 5.41 Å². The van der Waals surface area contributed by atoms with Gasteiger partial charge in [0.25, 0.3) is 0 Å². The van der Waals surface area contributed by atoms with E-state index in [1.54, 1.807) is 0 Å². The fourth-order valence-electron chi connectivity index (χ4n) is 4.12. The molecule has 1 saturated carbocycles. The quantitative estimate of drug-likeness (QED) is 0.302. The Kier molecular flexibility index (Phi) is 6.47. The molecule has 3 heterocycles. The van der Waals surface area contributed by atoms with Crippen LogP contribution in [-0.2, 0) is 26.9 Å². The first kappa shape index (κ1) is 24.0. The Morgan fingerprint density at radius 3 is 2.52 bits per heavy atom. The van der Waals surface area contributed by atoms with Gasteiger partial charge < -0.3 is 14.4 Å². The van der Waals surface area contributed by atoms with E-state index < -0.39 is 25.7 Å². The van der Waals surface area contributed by atoms with Crippen LogP contribution in [0, 0.1) is 5.41 Å². The summed E-state index contributed by atoms with van der Waals surface area (Å²) in [4.78, 5) is 23.0. The summed E-state index contributed by atoms with van der Waals surface area (Å²) in [5, 5.41) is 4.03. The average molecular weight is 482 g/mol.